The first kappa shape index (κ1) is 39.1. The molecule has 4 heterocycles. The van der Waals surface area contributed by atoms with Gasteiger partial charge in [-0.15, -0.1) is 45.3 Å². The van der Waals surface area contributed by atoms with Crippen LogP contribution in [0.5, 0.6) is 0 Å². The molecule has 0 fully saturated rings. The van der Waals surface area contributed by atoms with Gasteiger partial charge in [0.2, 0.25) is 0 Å². The number of unbranched alkanes of at least 4 members (excludes halogenated alkanes) is 18. The van der Waals surface area contributed by atoms with Crippen molar-refractivity contribution in [3.05, 3.63) is 53.3 Å². The van der Waals surface area contributed by atoms with Gasteiger partial charge in [-0.25, -0.2) is 0 Å². The van der Waals surface area contributed by atoms with E-state index in [-0.39, 0.29) is 0 Å². The van der Waals surface area contributed by atoms with Crippen molar-refractivity contribution in [1.82, 2.24) is 0 Å². The minimum absolute atomic E-state index is 1.22. The highest BCUT2D eigenvalue weighted by Gasteiger charge is 2.16. The Hall–Kier alpha value is 0.260. The summed E-state index contributed by atoms with van der Waals surface area (Å²) in [6, 6.07) is 14.4. The highest BCUT2D eigenvalue weighted by atomic mass is 127. The Morgan fingerprint density at radius 1 is 0.391 bits per heavy atom. The average molecular weight is 919 g/mol. The molecular weight excluding hydrogens is 863 g/mol. The number of rotatable bonds is 25. The van der Waals surface area contributed by atoms with Crippen molar-refractivity contribution in [3.8, 4) is 29.3 Å². The van der Waals surface area contributed by atoms with Crippen LogP contribution in [0, 0.1) is 5.77 Å². The normalized spacial score (nSPS) is 11.7. The number of halogens is 2. The van der Waals surface area contributed by atoms with Crippen molar-refractivity contribution < 1.29 is 0 Å². The summed E-state index contributed by atoms with van der Waals surface area (Å²) in [5.41, 5.74) is 3.14. The lowest BCUT2D eigenvalue weighted by atomic mass is 10.0. The molecule has 4 aromatic rings. The van der Waals surface area contributed by atoms with Crippen LogP contribution in [0.2, 0.25) is 0 Å². The van der Waals surface area contributed by atoms with Gasteiger partial charge >= 0.3 is 0 Å². The molecule has 0 saturated heterocycles. The van der Waals surface area contributed by atoms with E-state index in [0.29, 0.717) is 0 Å². The van der Waals surface area contributed by atoms with Gasteiger partial charge in [-0.1, -0.05) is 129 Å². The van der Waals surface area contributed by atoms with E-state index >= 15 is 0 Å². The number of hydrogen-bond acceptors (Lipinski definition) is 4. The maximum Gasteiger partial charge on any atom is 0.0663 e. The summed E-state index contributed by atoms with van der Waals surface area (Å²) in [6.45, 7) is 4.61. The van der Waals surface area contributed by atoms with Crippen LogP contribution in [0.15, 0.2) is 36.4 Å². The van der Waals surface area contributed by atoms with E-state index < -0.39 is 0 Å². The third kappa shape index (κ3) is 13.5. The van der Waals surface area contributed by atoms with Crippen LogP contribution < -0.4 is 0 Å². The van der Waals surface area contributed by atoms with Gasteiger partial charge < -0.3 is 0 Å². The predicted molar refractivity (Wildman–Crippen MR) is 231 cm³/mol. The van der Waals surface area contributed by atoms with Crippen molar-refractivity contribution in [2.45, 2.75) is 155 Å². The lowest BCUT2D eigenvalue weighted by Gasteiger charge is -2.04. The quantitative estimate of drug-likeness (QED) is 0.0459. The third-order valence-electron chi connectivity index (χ3n) is 9.06. The van der Waals surface area contributed by atoms with Crippen molar-refractivity contribution >= 4 is 90.5 Å². The van der Waals surface area contributed by atoms with Gasteiger partial charge in [0.1, 0.15) is 0 Å². The van der Waals surface area contributed by atoms with Crippen LogP contribution in [-0.4, -0.2) is 0 Å². The first-order valence-electron chi connectivity index (χ1n) is 18.4. The Kier molecular flexibility index (Phi) is 19.4. The lowest BCUT2D eigenvalue weighted by molar-refractivity contribution is 0.556. The van der Waals surface area contributed by atoms with Crippen LogP contribution >= 0.6 is 90.5 Å². The summed E-state index contributed by atoms with van der Waals surface area (Å²) in [7, 11) is 0. The molecule has 0 bridgehead atoms. The fourth-order valence-corrected chi connectivity index (χ4v) is 12.7. The molecule has 0 aliphatic carbocycles. The molecule has 0 unspecified atom stereocenters. The Balaban J connectivity index is 1.25. The minimum atomic E-state index is 1.22. The smallest absolute Gasteiger partial charge is 0.0663 e. The Morgan fingerprint density at radius 3 is 1.04 bits per heavy atom. The van der Waals surface area contributed by atoms with Crippen LogP contribution in [-0.2, 0) is 12.8 Å². The fourth-order valence-electron chi connectivity index (χ4n) is 6.37. The van der Waals surface area contributed by atoms with Crippen LogP contribution in [0.3, 0.4) is 0 Å². The second-order valence-electron chi connectivity index (χ2n) is 13.0. The molecule has 46 heavy (non-hydrogen) atoms. The average Bonchev–Trinajstić information content (AvgIpc) is 3.85. The van der Waals surface area contributed by atoms with Gasteiger partial charge in [0, 0.05) is 29.3 Å². The van der Waals surface area contributed by atoms with E-state index in [9.17, 15) is 0 Å². The molecule has 0 atom stereocenters. The molecule has 4 rings (SSSR count). The second kappa shape index (κ2) is 22.9. The summed E-state index contributed by atoms with van der Waals surface area (Å²) in [6.07, 6.45) is 30.5. The Morgan fingerprint density at radius 2 is 0.696 bits per heavy atom. The van der Waals surface area contributed by atoms with Crippen molar-refractivity contribution in [2.24, 2.45) is 0 Å². The molecule has 0 aromatic carbocycles. The van der Waals surface area contributed by atoms with Gasteiger partial charge in [0.05, 0.1) is 5.77 Å². The van der Waals surface area contributed by atoms with E-state index in [1.54, 1.807) is 11.1 Å². The summed E-state index contributed by atoms with van der Waals surface area (Å²) < 4.78 is 2.84. The molecule has 254 valence electrons. The topological polar surface area (TPSA) is 0 Å². The van der Waals surface area contributed by atoms with Gasteiger partial charge in [-0.05, 0) is 118 Å². The van der Waals surface area contributed by atoms with Gasteiger partial charge in [0.15, 0.2) is 0 Å². The molecule has 0 saturated carbocycles. The Labute approximate surface area is 324 Å². The summed E-state index contributed by atoms with van der Waals surface area (Å²) in [5, 5.41) is 0. The van der Waals surface area contributed by atoms with Crippen molar-refractivity contribution in [3.63, 3.8) is 0 Å². The van der Waals surface area contributed by atoms with E-state index in [1.165, 1.54) is 176 Å². The first-order valence-corrected chi connectivity index (χ1v) is 23.8. The molecule has 0 spiro atoms. The molecule has 6 heteroatoms. The number of thiophene rings is 4. The van der Waals surface area contributed by atoms with E-state index in [1.807, 2.05) is 45.3 Å². The molecule has 0 amide bonds. The maximum absolute atomic E-state index is 2.53. The predicted octanol–water partition coefficient (Wildman–Crippen LogP) is 17.1. The van der Waals surface area contributed by atoms with Gasteiger partial charge in [-0.3, -0.25) is 0 Å². The highest BCUT2D eigenvalue weighted by molar-refractivity contribution is 14.1. The zero-order valence-electron chi connectivity index (χ0n) is 28.4. The van der Waals surface area contributed by atoms with E-state index in [0.717, 1.165) is 0 Å². The minimum Gasteiger partial charge on any atom is -0.134 e. The summed E-state index contributed by atoms with van der Waals surface area (Å²) >= 11 is 13.0. The zero-order valence-corrected chi connectivity index (χ0v) is 36.0. The van der Waals surface area contributed by atoms with Gasteiger partial charge in [0.25, 0.3) is 0 Å². The molecule has 0 aliphatic heterocycles. The second-order valence-corrected chi connectivity index (χ2v) is 21.1. The number of hydrogen-bond donors (Lipinski definition) is 0. The zero-order chi connectivity index (χ0) is 32.4. The third-order valence-corrected chi connectivity index (χ3v) is 15.7. The maximum atomic E-state index is 2.53. The molecule has 4 aromatic heterocycles. The SMILES string of the molecule is CCCCCCCCCCCCc1cc(I)sc1-c1ccc(-c2ccc(-c3sc(I)cc3CCCCCCCCCCCC)s2)s1. The fraction of sp³-hybridized carbons (Fsp3) is 0.600. The van der Waals surface area contributed by atoms with Crippen LogP contribution in [0.25, 0.3) is 29.3 Å². The van der Waals surface area contributed by atoms with Crippen molar-refractivity contribution in [2.75, 3.05) is 0 Å². The van der Waals surface area contributed by atoms with Crippen LogP contribution in [0.1, 0.15) is 153 Å². The Bertz CT molecular complexity index is 1270. The lowest BCUT2D eigenvalue weighted by Crippen LogP contribution is -1.86. The summed E-state index contributed by atoms with van der Waals surface area (Å²) in [5.74, 6) is 0. The van der Waals surface area contributed by atoms with E-state index in [2.05, 4.69) is 95.4 Å². The van der Waals surface area contributed by atoms with Crippen LogP contribution in [0.4, 0.5) is 0 Å². The molecule has 0 aliphatic rings. The van der Waals surface area contributed by atoms with Gasteiger partial charge in [-0.2, -0.15) is 0 Å². The van der Waals surface area contributed by atoms with Crippen molar-refractivity contribution in [1.29, 1.82) is 0 Å². The van der Waals surface area contributed by atoms with E-state index in [4.69, 9.17) is 0 Å². The highest BCUT2D eigenvalue weighted by Crippen LogP contribution is 2.45. The number of aryl methyl sites for hydroxylation is 2. The monoisotopic (exact) mass is 918 g/mol. The largest absolute Gasteiger partial charge is 0.134 e. The molecule has 0 N–H and O–H groups in total. The molecular formula is C40H56I2S4. The standard InChI is InChI=1S/C40H56I2S4/c1-3-5-7-9-11-13-15-17-19-21-23-31-29-37(41)45-39(31)35-27-25-33(43-35)34-26-28-36(44-34)40-32(30-38(42)46-40)24-22-20-18-16-14-12-10-8-6-4-2/h25-30H,3-24H2,1-2H3. The summed E-state index contributed by atoms with van der Waals surface area (Å²) in [4.78, 5) is 8.77. The first-order chi connectivity index (χ1) is 22.6. The molecule has 0 nitrogen and oxygen atoms in total. The molecule has 0 radical (unpaired) electrons.